The van der Waals surface area contributed by atoms with E-state index in [9.17, 15) is 9.59 Å². The number of likely N-dealkylation sites (N-methyl/N-ethyl adjacent to an activating group) is 1. The summed E-state index contributed by atoms with van der Waals surface area (Å²) in [7, 11) is 3.88. The summed E-state index contributed by atoms with van der Waals surface area (Å²) in [5.41, 5.74) is 0.968. The molecule has 0 saturated carbocycles. The van der Waals surface area contributed by atoms with E-state index in [1.165, 1.54) is 0 Å². The molecule has 6 nitrogen and oxygen atoms in total. The molecule has 6 heteroatoms. The molecule has 2 aliphatic heterocycles. The van der Waals surface area contributed by atoms with Crippen molar-refractivity contribution in [1.82, 2.24) is 19.7 Å². The summed E-state index contributed by atoms with van der Waals surface area (Å²) in [5, 5.41) is 3.07. The Kier molecular flexibility index (Phi) is 4.78. The lowest BCUT2D eigenvalue weighted by Gasteiger charge is -2.34. The van der Waals surface area contributed by atoms with Gasteiger partial charge in [0.05, 0.1) is 0 Å². The Bertz CT molecular complexity index is 682. The molecule has 132 valence electrons. The minimum absolute atomic E-state index is 0.128. The first kappa shape index (κ1) is 17.2. The first-order chi connectivity index (χ1) is 11.4. The largest absolute Gasteiger partial charge is 0.348 e. The average molecular weight is 332 g/mol. The number of carbonyl (C=O) groups excluding carboxylic acids is 1. The van der Waals surface area contributed by atoms with Crippen LogP contribution in [0, 0.1) is 0 Å². The topological polar surface area (TPSA) is 57.6 Å². The fourth-order valence-corrected chi connectivity index (χ4v) is 3.97. The van der Waals surface area contributed by atoms with Gasteiger partial charge in [0.1, 0.15) is 5.56 Å². The highest BCUT2D eigenvalue weighted by Crippen LogP contribution is 2.21. The van der Waals surface area contributed by atoms with Crippen LogP contribution in [0.3, 0.4) is 0 Å². The quantitative estimate of drug-likeness (QED) is 0.882. The third-order valence-electron chi connectivity index (χ3n) is 5.33. The van der Waals surface area contributed by atoms with Gasteiger partial charge in [-0.2, -0.15) is 0 Å². The molecule has 0 unspecified atom stereocenters. The standard InChI is InChI=1S/C18H28N4O2/c1-12(2)16-6-5-15(18(24)21(16)4)17(23)19-13-9-14-11-20(3)7-8-22(14)10-13/h5-6,12-14H,7-11H2,1-4H3,(H,19,23)/t13-,14-/m0/s1. The van der Waals surface area contributed by atoms with Crippen molar-refractivity contribution in [3.63, 3.8) is 0 Å². The van der Waals surface area contributed by atoms with Crippen LogP contribution in [0.15, 0.2) is 16.9 Å². The summed E-state index contributed by atoms with van der Waals surface area (Å²) in [6.45, 7) is 8.15. The highest BCUT2D eigenvalue weighted by molar-refractivity contribution is 5.94. The number of pyridine rings is 1. The van der Waals surface area contributed by atoms with Gasteiger partial charge in [0.15, 0.2) is 0 Å². The van der Waals surface area contributed by atoms with E-state index in [-0.39, 0.29) is 29.0 Å². The van der Waals surface area contributed by atoms with Crippen LogP contribution in [0.5, 0.6) is 0 Å². The zero-order chi connectivity index (χ0) is 17.4. The molecule has 2 fully saturated rings. The van der Waals surface area contributed by atoms with Crippen molar-refractivity contribution in [2.45, 2.75) is 38.3 Å². The van der Waals surface area contributed by atoms with Gasteiger partial charge in [0.25, 0.3) is 11.5 Å². The zero-order valence-corrected chi connectivity index (χ0v) is 15.1. The number of aromatic nitrogens is 1. The Morgan fingerprint density at radius 1 is 1.21 bits per heavy atom. The number of piperazine rings is 1. The summed E-state index contributed by atoms with van der Waals surface area (Å²) >= 11 is 0. The third kappa shape index (κ3) is 3.26. The summed E-state index contributed by atoms with van der Waals surface area (Å²) in [6, 6.07) is 4.19. The molecule has 3 rings (SSSR count). The third-order valence-corrected chi connectivity index (χ3v) is 5.33. The number of rotatable bonds is 3. The molecule has 2 aliphatic rings. The van der Waals surface area contributed by atoms with Gasteiger partial charge in [-0.3, -0.25) is 14.5 Å². The van der Waals surface area contributed by atoms with Crippen LogP contribution in [0.4, 0.5) is 0 Å². The summed E-state index contributed by atoms with van der Waals surface area (Å²) in [5.74, 6) is 0.00617. The van der Waals surface area contributed by atoms with E-state index >= 15 is 0 Å². The smallest absolute Gasteiger partial charge is 0.263 e. The highest BCUT2D eigenvalue weighted by Gasteiger charge is 2.36. The van der Waals surface area contributed by atoms with Crippen LogP contribution in [-0.4, -0.2) is 65.6 Å². The molecule has 2 atom stereocenters. The van der Waals surface area contributed by atoms with Gasteiger partial charge in [-0.05, 0) is 31.5 Å². The number of nitrogens with one attached hydrogen (secondary N) is 1. The minimum atomic E-state index is -0.246. The van der Waals surface area contributed by atoms with E-state index in [4.69, 9.17) is 0 Å². The molecule has 1 amide bonds. The Morgan fingerprint density at radius 3 is 2.67 bits per heavy atom. The molecule has 0 aliphatic carbocycles. The number of amides is 1. The monoisotopic (exact) mass is 332 g/mol. The Hall–Kier alpha value is -1.66. The van der Waals surface area contributed by atoms with Crippen LogP contribution < -0.4 is 10.9 Å². The normalized spacial score (nSPS) is 25.0. The SMILES string of the molecule is CC(C)c1ccc(C(=O)N[C@H]2C[C@H]3CN(C)CCN3C2)c(=O)n1C. The number of fused-ring (bicyclic) bond motifs is 1. The lowest BCUT2D eigenvalue weighted by atomic mass is 10.1. The van der Waals surface area contributed by atoms with Gasteiger partial charge in [0.2, 0.25) is 0 Å². The number of nitrogens with zero attached hydrogens (tertiary/aromatic N) is 3. The maximum Gasteiger partial charge on any atom is 0.263 e. The van der Waals surface area contributed by atoms with E-state index in [0.29, 0.717) is 6.04 Å². The van der Waals surface area contributed by atoms with Gasteiger partial charge in [-0.1, -0.05) is 13.8 Å². The summed E-state index contributed by atoms with van der Waals surface area (Å²) in [6.07, 6.45) is 0.959. The van der Waals surface area contributed by atoms with Crippen molar-refractivity contribution >= 4 is 5.91 Å². The van der Waals surface area contributed by atoms with Crippen LogP contribution in [0.1, 0.15) is 42.2 Å². The highest BCUT2D eigenvalue weighted by atomic mass is 16.2. The van der Waals surface area contributed by atoms with Crippen molar-refractivity contribution in [1.29, 1.82) is 0 Å². The van der Waals surface area contributed by atoms with Crippen molar-refractivity contribution in [3.05, 3.63) is 33.7 Å². The molecule has 2 saturated heterocycles. The van der Waals surface area contributed by atoms with Crippen molar-refractivity contribution in [3.8, 4) is 0 Å². The summed E-state index contributed by atoms with van der Waals surface area (Å²) < 4.78 is 1.59. The van der Waals surface area contributed by atoms with Crippen LogP contribution in [-0.2, 0) is 7.05 Å². The van der Waals surface area contributed by atoms with Gasteiger partial charge in [0, 0.05) is 51.0 Å². The van der Waals surface area contributed by atoms with Crippen LogP contribution >= 0.6 is 0 Å². The van der Waals surface area contributed by atoms with Crippen LogP contribution in [0.25, 0.3) is 0 Å². The molecule has 0 bridgehead atoms. The lowest BCUT2D eigenvalue weighted by Crippen LogP contribution is -2.48. The maximum absolute atomic E-state index is 12.6. The molecule has 0 aromatic carbocycles. The second-order valence-electron chi connectivity index (χ2n) is 7.51. The fourth-order valence-electron chi connectivity index (χ4n) is 3.97. The molecule has 1 N–H and O–H groups in total. The molecular formula is C18H28N4O2. The second-order valence-corrected chi connectivity index (χ2v) is 7.51. The molecule has 0 spiro atoms. The van der Waals surface area contributed by atoms with E-state index in [0.717, 1.165) is 38.3 Å². The molecule has 24 heavy (non-hydrogen) atoms. The molecule has 1 aromatic heterocycles. The van der Waals surface area contributed by atoms with E-state index in [1.807, 2.05) is 19.9 Å². The number of carbonyl (C=O) groups is 1. The van der Waals surface area contributed by atoms with Crippen molar-refractivity contribution in [2.24, 2.45) is 7.05 Å². The van der Waals surface area contributed by atoms with Crippen molar-refractivity contribution < 1.29 is 4.79 Å². The van der Waals surface area contributed by atoms with Gasteiger partial charge < -0.3 is 14.8 Å². The van der Waals surface area contributed by atoms with Gasteiger partial charge in [-0.25, -0.2) is 0 Å². The van der Waals surface area contributed by atoms with E-state index in [2.05, 4.69) is 22.2 Å². The number of hydrogen-bond donors (Lipinski definition) is 1. The number of hydrogen-bond acceptors (Lipinski definition) is 4. The van der Waals surface area contributed by atoms with E-state index in [1.54, 1.807) is 17.7 Å². The zero-order valence-electron chi connectivity index (χ0n) is 15.1. The summed E-state index contributed by atoms with van der Waals surface area (Å²) in [4.78, 5) is 29.8. The molecule has 1 aromatic rings. The minimum Gasteiger partial charge on any atom is -0.348 e. The maximum atomic E-state index is 12.6. The predicted molar refractivity (Wildman–Crippen MR) is 94.5 cm³/mol. The van der Waals surface area contributed by atoms with Crippen LogP contribution in [0.2, 0.25) is 0 Å². The van der Waals surface area contributed by atoms with Crippen molar-refractivity contribution in [2.75, 3.05) is 33.2 Å². The van der Waals surface area contributed by atoms with Gasteiger partial charge in [-0.15, -0.1) is 0 Å². The predicted octanol–water partition coefficient (Wildman–Crippen LogP) is 0.627. The first-order valence-electron chi connectivity index (χ1n) is 8.80. The first-order valence-corrected chi connectivity index (χ1v) is 8.80. The molecular weight excluding hydrogens is 304 g/mol. The lowest BCUT2D eigenvalue weighted by molar-refractivity contribution is 0.0934. The Morgan fingerprint density at radius 2 is 1.96 bits per heavy atom. The second kappa shape index (κ2) is 6.69. The Balaban J connectivity index is 1.70. The molecule has 0 radical (unpaired) electrons. The van der Waals surface area contributed by atoms with Gasteiger partial charge >= 0.3 is 0 Å². The van der Waals surface area contributed by atoms with E-state index < -0.39 is 0 Å². The fraction of sp³-hybridized carbons (Fsp3) is 0.667. The molecule has 3 heterocycles. The average Bonchev–Trinajstić information content (AvgIpc) is 2.90. The Labute approximate surface area is 143 Å².